The molecule has 3 aromatic rings. The first-order chi connectivity index (χ1) is 9.59. The molecule has 100 valence electrons. The van der Waals surface area contributed by atoms with Crippen LogP contribution in [0.1, 0.15) is 6.92 Å². The lowest BCUT2D eigenvalue weighted by Crippen LogP contribution is -2.36. The van der Waals surface area contributed by atoms with Gasteiger partial charge in [-0.2, -0.15) is 0 Å². The van der Waals surface area contributed by atoms with Gasteiger partial charge in [-0.1, -0.05) is 18.2 Å². The average molecular weight is 267 g/mol. The van der Waals surface area contributed by atoms with Crippen molar-refractivity contribution in [2.24, 2.45) is 5.84 Å². The van der Waals surface area contributed by atoms with Gasteiger partial charge in [-0.25, -0.2) is 10.9 Å². The van der Waals surface area contributed by atoms with E-state index in [1.807, 2.05) is 12.1 Å². The van der Waals surface area contributed by atoms with E-state index in [1.165, 1.54) is 6.92 Å². The molecule has 0 aliphatic heterocycles. The van der Waals surface area contributed by atoms with E-state index in [9.17, 15) is 9.59 Å². The molecule has 0 fully saturated rings. The van der Waals surface area contributed by atoms with Gasteiger partial charge in [0.15, 0.2) is 5.43 Å². The van der Waals surface area contributed by atoms with Crippen LogP contribution in [-0.4, -0.2) is 10.9 Å². The summed E-state index contributed by atoms with van der Waals surface area (Å²) >= 11 is 0. The van der Waals surface area contributed by atoms with Crippen LogP contribution in [-0.2, 0) is 4.79 Å². The van der Waals surface area contributed by atoms with Gasteiger partial charge in [0.25, 0.3) is 0 Å². The zero-order chi connectivity index (χ0) is 14.3. The van der Waals surface area contributed by atoms with Crippen LogP contribution in [0.2, 0.25) is 0 Å². The van der Waals surface area contributed by atoms with Crippen molar-refractivity contribution in [3.63, 3.8) is 0 Å². The third-order valence-corrected chi connectivity index (χ3v) is 3.31. The predicted octanol–water partition coefficient (Wildman–Crippen LogP) is 1.91. The summed E-state index contributed by atoms with van der Waals surface area (Å²) < 4.78 is 0. The van der Waals surface area contributed by atoms with E-state index in [-0.39, 0.29) is 11.3 Å². The highest BCUT2D eigenvalue weighted by atomic mass is 16.2. The van der Waals surface area contributed by atoms with E-state index in [0.717, 1.165) is 10.5 Å². The number of H-pyrrole nitrogens is 1. The van der Waals surface area contributed by atoms with Crippen molar-refractivity contribution in [2.75, 3.05) is 5.01 Å². The number of benzene rings is 2. The molecule has 20 heavy (non-hydrogen) atoms. The number of anilines is 1. The summed E-state index contributed by atoms with van der Waals surface area (Å²) in [5, 5.41) is 1.99. The topological polar surface area (TPSA) is 79.2 Å². The Balaban J connectivity index is 2.48. The minimum atomic E-state index is -0.329. The number of nitrogens with two attached hydrogens (primary N) is 1. The number of aromatic nitrogens is 1. The minimum Gasteiger partial charge on any atom is -0.354 e. The largest absolute Gasteiger partial charge is 0.354 e. The molecule has 0 spiro atoms. The van der Waals surface area contributed by atoms with Crippen molar-refractivity contribution in [3.8, 4) is 0 Å². The molecule has 0 aliphatic carbocycles. The van der Waals surface area contributed by atoms with Gasteiger partial charge in [0.05, 0.1) is 16.6 Å². The van der Waals surface area contributed by atoms with Gasteiger partial charge in [-0.15, -0.1) is 0 Å². The highest BCUT2D eigenvalue weighted by Crippen LogP contribution is 2.23. The average Bonchev–Trinajstić information content (AvgIpc) is 2.46. The number of amides is 1. The highest BCUT2D eigenvalue weighted by molar-refractivity contribution is 6.04. The third-order valence-electron chi connectivity index (χ3n) is 3.31. The molecule has 3 rings (SSSR count). The molecule has 0 saturated carbocycles. The molecule has 0 aliphatic rings. The molecule has 5 nitrogen and oxygen atoms in total. The summed E-state index contributed by atoms with van der Waals surface area (Å²) in [6.45, 7) is 1.36. The lowest BCUT2D eigenvalue weighted by atomic mass is 10.1. The fraction of sp³-hybridized carbons (Fsp3) is 0.0667. The van der Waals surface area contributed by atoms with Crippen molar-refractivity contribution in [3.05, 3.63) is 52.7 Å². The number of nitrogens with one attached hydrogen (secondary N) is 1. The predicted molar refractivity (Wildman–Crippen MR) is 79.4 cm³/mol. The SMILES string of the molecule is CC(=O)N(N)c1cccc2[nH]c3ccccc3c(=O)c12. The summed E-state index contributed by atoms with van der Waals surface area (Å²) in [5.41, 5.74) is 1.68. The Kier molecular flexibility index (Phi) is 2.76. The van der Waals surface area contributed by atoms with Crippen LogP contribution < -0.4 is 16.3 Å². The van der Waals surface area contributed by atoms with Crippen molar-refractivity contribution >= 4 is 33.4 Å². The second kappa shape index (κ2) is 4.47. The molecule has 0 saturated heterocycles. The Labute approximate surface area is 114 Å². The van der Waals surface area contributed by atoms with E-state index in [1.54, 1.807) is 30.3 Å². The molecule has 1 heterocycles. The number of carbonyl (C=O) groups is 1. The first-order valence-electron chi connectivity index (χ1n) is 6.19. The molecular weight excluding hydrogens is 254 g/mol. The summed E-state index contributed by atoms with van der Waals surface area (Å²) in [7, 11) is 0. The van der Waals surface area contributed by atoms with Crippen LogP contribution in [0.15, 0.2) is 47.3 Å². The van der Waals surface area contributed by atoms with E-state index >= 15 is 0 Å². The number of aromatic amines is 1. The molecular formula is C15H13N3O2. The van der Waals surface area contributed by atoms with Gasteiger partial charge >= 0.3 is 0 Å². The molecule has 0 bridgehead atoms. The zero-order valence-electron chi connectivity index (χ0n) is 10.9. The number of rotatable bonds is 1. The fourth-order valence-corrected chi connectivity index (χ4v) is 2.32. The lowest BCUT2D eigenvalue weighted by molar-refractivity contribution is -0.116. The smallest absolute Gasteiger partial charge is 0.238 e. The highest BCUT2D eigenvalue weighted by Gasteiger charge is 2.14. The molecule has 2 aromatic carbocycles. The Bertz CT molecular complexity index is 883. The Morgan fingerprint density at radius 1 is 1.10 bits per heavy atom. The number of pyridine rings is 1. The molecule has 5 heteroatoms. The summed E-state index contributed by atoms with van der Waals surface area (Å²) in [6.07, 6.45) is 0. The maximum atomic E-state index is 12.6. The van der Waals surface area contributed by atoms with Gasteiger partial charge in [0.1, 0.15) is 0 Å². The lowest BCUT2D eigenvalue weighted by Gasteiger charge is -2.16. The van der Waals surface area contributed by atoms with Crippen molar-refractivity contribution < 1.29 is 4.79 Å². The van der Waals surface area contributed by atoms with Crippen LogP contribution in [0.5, 0.6) is 0 Å². The Hall–Kier alpha value is -2.66. The number of para-hydroxylation sites is 1. The first kappa shape index (κ1) is 12.4. The van der Waals surface area contributed by atoms with Crippen LogP contribution in [0, 0.1) is 0 Å². The number of fused-ring (bicyclic) bond motifs is 2. The Morgan fingerprint density at radius 3 is 2.55 bits per heavy atom. The van der Waals surface area contributed by atoms with E-state index in [0.29, 0.717) is 22.0 Å². The summed E-state index contributed by atoms with van der Waals surface area (Å²) in [5.74, 6) is 5.42. The Morgan fingerprint density at radius 2 is 1.80 bits per heavy atom. The van der Waals surface area contributed by atoms with E-state index in [4.69, 9.17) is 5.84 Å². The minimum absolute atomic E-state index is 0.137. The van der Waals surface area contributed by atoms with Gasteiger partial charge in [0, 0.05) is 17.8 Å². The maximum absolute atomic E-state index is 12.6. The van der Waals surface area contributed by atoms with Gasteiger partial charge in [-0.05, 0) is 24.3 Å². The number of nitrogens with zero attached hydrogens (tertiary/aromatic N) is 1. The van der Waals surface area contributed by atoms with Gasteiger partial charge in [0.2, 0.25) is 5.91 Å². The number of hydrazine groups is 1. The summed E-state index contributed by atoms with van der Waals surface area (Å²) in [4.78, 5) is 27.3. The van der Waals surface area contributed by atoms with Crippen molar-refractivity contribution in [1.29, 1.82) is 0 Å². The zero-order valence-corrected chi connectivity index (χ0v) is 10.9. The van der Waals surface area contributed by atoms with E-state index in [2.05, 4.69) is 4.98 Å². The number of hydrogen-bond donors (Lipinski definition) is 2. The maximum Gasteiger partial charge on any atom is 0.238 e. The van der Waals surface area contributed by atoms with Crippen LogP contribution >= 0.6 is 0 Å². The monoisotopic (exact) mass is 267 g/mol. The normalized spacial score (nSPS) is 10.9. The molecule has 0 atom stereocenters. The second-order valence-electron chi connectivity index (χ2n) is 4.59. The molecule has 1 aromatic heterocycles. The third kappa shape index (κ3) is 1.76. The van der Waals surface area contributed by atoms with E-state index < -0.39 is 0 Å². The molecule has 0 radical (unpaired) electrons. The van der Waals surface area contributed by atoms with Crippen LogP contribution in [0.4, 0.5) is 5.69 Å². The fourth-order valence-electron chi connectivity index (χ4n) is 2.32. The van der Waals surface area contributed by atoms with Gasteiger partial charge < -0.3 is 4.98 Å². The summed E-state index contributed by atoms with van der Waals surface area (Å²) in [6, 6.07) is 12.5. The standard InChI is InChI=1S/C15H13N3O2/c1-9(19)18(16)13-8-4-7-12-14(13)15(20)10-5-2-3-6-11(10)17-12/h2-8H,16H2,1H3,(H,17,20). The second-order valence-corrected chi connectivity index (χ2v) is 4.59. The number of carbonyl (C=O) groups excluding carboxylic acids is 1. The molecule has 0 unspecified atom stereocenters. The van der Waals surface area contributed by atoms with Crippen LogP contribution in [0.3, 0.4) is 0 Å². The quantitative estimate of drug-likeness (QED) is 0.306. The van der Waals surface area contributed by atoms with Gasteiger partial charge in [-0.3, -0.25) is 9.59 Å². The van der Waals surface area contributed by atoms with Crippen molar-refractivity contribution in [2.45, 2.75) is 6.92 Å². The molecule has 3 N–H and O–H groups in total. The first-order valence-corrected chi connectivity index (χ1v) is 6.19. The van der Waals surface area contributed by atoms with Crippen molar-refractivity contribution in [1.82, 2.24) is 4.98 Å². The van der Waals surface area contributed by atoms with Crippen LogP contribution in [0.25, 0.3) is 21.8 Å². The number of hydrogen-bond acceptors (Lipinski definition) is 3. The molecule has 1 amide bonds.